The highest BCUT2D eigenvalue weighted by Gasteiger charge is 2.50. The van der Waals surface area contributed by atoms with Crippen LogP contribution in [0.3, 0.4) is 0 Å². The van der Waals surface area contributed by atoms with Gasteiger partial charge in [0, 0.05) is 37.1 Å². The molecular formula is C37H46Cl2N2O7. The zero-order valence-corrected chi connectivity index (χ0v) is 29.4. The summed E-state index contributed by atoms with van der Waals surface area (Å²) in [4.78, 5) is 54.1. The van der Waals surface area contributed by atoms with Crippen LogP contribution in [0.1, 0.15) is 69.4 Å². The number of benzene rings is 2. The molecule has 0 radical (unpaired) electrons. The second-order valence-corrected chi connectivity index (χ2v) is 14.3. The lowest BCUT2D eigenvalue weighted by Gasteiger charge is -2.31. The van der Waals surface area contributed by atoms with Crippen LogP contribution in [0.5, 0.6) is 5.75 Å². The first kappa shape index (κ1) is 37.4. The number of esters is 1. The summed E-state index contributed by atoms with van der Waals surface area (Å²) >= 11 is 13.0. The molecule has 2 amide bonds. The minimum atomic E-state index is -1.09. The quantitative estimate of drug-likeness (QED) is 0.225. The smallest absolute Gasteiger partial charge is 0.309 e. The van der Waals surface area contributed by atoms with Gasteiger partial charge in [0.2, 0.25) is 11.8 Å². The number of ether oxygens (including phenoxy) is 2. The SMILES string of the molecule is COc1ccc(C[C@H]2NC(=O)/C=C/C[C@@H]([C@H](C)[C@H](O)[C@@H](Cl)c3ccccc3)OC(=O)[C@H](CC(C)C)CC(=O)C3(CC3)CNC2=O)cc1Cl. The first-order valence-corrected chi connectivity index (χ1v) is 17.3. The van der Waals surface area contributed by atoms with Gasteiger partial charge in [0.05, 0.1) is 29.5 Å². The molecule has 2 aromatic carbocycles. The highest BCUT2D eigenvalue weighted by atomic mass is 35.5. The van der Waals surface area contributed by atoms with Crippen molar-refractivity contribution in [3.05, 3.63) is 76.8 Å². The van der Waals surface area contributed by atoms with Crippen LogP contribution >= 0.6 is 23.2 Å². The number of Topliss-reactive ketones (excluding diaryl/α,β-unsaturated/α-hetero) is 1. The molecule has 1 aliphatic carbocycles. The average Bonchev–Trinajstić information content (AvgIpc) is 3.86. The standard InChI is InChI=1S/C37H46Cl2N2O7/c1-22(2)17-26-20-31(42)37(15-16-37)21-40-35(45)28(19-24-13-14-30(47-4)27(38)18-24)41-32(43)12-8-11-29(48-36(26)46)23(3)34(44)33(39)25-9-6-5-7-10-25/h5-10,12-14,18,22-23,26,28-29,33-34,44H,11,15-17,19-21H2,1-4H3,(H,40,45)(H,41,43)/b12-8+/t23-,26+,28+,29-,33-,34-/m0/s1. The van der Waals surface area contributed by atoms with Gasteiger partial charge in [-0.1, -0.05) is 74.8 Å². The molecule has 2 aliphatic rings. The number of aliphatic hydroxyl groups excluding tert-OH is 1. The molecule has 1 fully saturated rings. The number of nitrogens with one attached hydrogen (secondary N) is 2. The van der Waals surface area contributed by atoms with Crippen LogP contribution in [0, 0.1) is 23.2 Å². The molecule has 2 aromatic rings. The van der Waals surface area contributed by atoms with Gasteiger partial charge in [0.15, 0.2) is 0 Å². The summed E-state index contributed by atoms with van der Waals surface area (Å²) in [5.41, 5.74) is 0.649. The van der Waals surface area contributed by atoms with E-state index in [-0.39, 0.29) is 37.5 Å². The van der Waals surface area contributed by atoms with E-state index in [9.17, 15) is 24.3 Å². The molecule has 0 saturated heterocycles. The normalized spacial score (nSPS) is 24.6. The molecule has 1 spiro atoms. The molecule has 0 bridgehead atoms. The van der Waals surface area contributed by atoms with Gasteiger partial charge in [-0.25, -0.2) is 0 Å². The predicted octanol–water partition coefficient (Wildman–Crippen LogP) is 5.74. The van der Waals surface area contributed by atoms with Crippen LogP contribution in [0.4, 0.5) is 0 Å². The monoisotopic (exact) mass is 700 g/mol. The van der Waals surface area contributed by atoms with E-state index >= 15 is 0 Å². The van der Waals surface area contributed by atoms with Gasteiger partial charge < -0.3 is 25.2 Å². The third-order valence-corrected chi connectivity index (χ3v) is 10.1. The minimum absolute atomic E-state index is 0.0148. The van der Waals surface area contributed by atoms with Gasteiger partial charge in [0.1, 0.15) is 23.7 Å². The van der Waals surface area contributed by atoms with Crippen LogP contribution in [0.2, 0.25) is 5.02 Å². The van der Waals surface area contributed by atoms with Gasteiger partial charge in [-0.15, -0.1) is 11.6 Å². The Morgan fingerprint density at radius 2 is 1.77 bits per heavy atom. The number of halogens is 2. The molecule has 11 heteroatoms. The first-order valence-electron chi connectivity index (χ1n) is 16.5. The molecule has 260 valence electrons. The molecule has 1 heterocycles. The van der Waals surface area contributed by atoms with Crippen molar-refractivity contribution in [2.75, 3.05) is 13.7 Å². The molecule has 0 unspecified atom stereocenters. The van der Waals surface area contributed by atoms with Crippen LogP contribution in [0.25, 0.3) is 0 Å². The van der Waals surface area contributed by atoms with E-state index in [4.69, 9.17) is 32.7 Å². The Balaban J connectivity index is 1.63. The van der Waals surface area contributed by atoms with Crippen molar-refractivity contribution < 1.29 is 33.8 Å². The highest BCUT2D eigenvalue weighted by Crippen LogP contribution is 2.47. The lowest BCUT2D eigenvalue weighted by atomic mass is 9.86. The predicted molar refractivity (Wildman–Crippen MR) is 185 cm³/mol. The number of ketones is 1. The number of carbonyl (C=O) groups excluding carboxylic acids is 4. The van der Waals surface area contributed by atoms with E-state index in [2.05, 4.69) is 10.6 Å². The first-order chi connectivity index (χ1) is 22.8. The maximum Gasteiger partial charge on any atom is 0.309 e. The van der Waals surface area contributed by atoms with Crippen molar-refractivity contribution in [1.29, 1.82) is 0 Å². The summed E-state index contributed by atoms with van der Waals surface area (Å²) in [6, 6.07) is 13.3. The fourth-order valence-corrected chi connectivity index (χ4v) is 6.76. The van der Waals surface area contributed by atoms with Crippen LogP contribution in [0.15, 0.2) is 60.7 Å². The van der Waals surface area contributed by atoms with Crippen molar-refractivity contribution in [2.45, 2.75) is 82.9 Å². The Kier molecular flexibility index (Phi) is 13.1. The molecule has 3 N–H and O–H groups in total. The molecule has 48 heavy (non-hydrogen) atoms. The number of methoxy groups -OCH3 is 1. The van der Waals surface area contributed by atoms with Crippen molar-refractivity contribution in [3.8, 4) is 5.75 Å². The lowest BCUT2D eigenvalue weighted by Crippen LogP contribution is -2.49. The van der Waals surface area contributed by atoms with E-state index in [0.717, 1.165) is 0 Å². The summed E-state index contributed by atoms with van der Waals surface area (Å²) in [6.45, 7) is 5.80. The maximum absolute atomic E-state index is 13.7. The van der Waals surface area contributed by atoms with Crippen molar-refractivity contribution in [1.82, 2.24) is 10.6 Å². The largest absolute Gasteiger partial charge is 0.495 e. The Morgan fingerprint density at radius 3 is 2.40 bits per heavy atom. The summed E-state index contributed by atoms with van der Waals surface area (Å²) in [6.07, 6.45) is 2.73. The fraction of sp³-hybridized carbons (Fsp3) is 0.514. The Labute approximate surface area is 292 Å². The second kappa shape index (κ2) is 16.8. The molecule has 1 aliphatic heterocycles. The molecule has 0 aromatic heterocycles. The zero-order valence-electron chi connectivity index (χ0n) is 27.9. The van der Waals surface area contributed by atoms with E-state index < -0.39 is 58.7 Å². The molecule has 6 atom stereocenters. The van der Waals surface area contributed by atoms with E-state index in [0.29, 0.717) is 41.2 Å². The van der Waals surface area contributed by atoms with E-state index in [1.807, 2.05) is 44.2 Å². The number of hydrogen-bond donors (Lipinski definition) is 3. The van der Waals surface area contributed by atoms with Gasteiger partial charge >= 0.3 is 5.97 Å². The van der Waals surface area contributed by atoms with Gasteiger partial charge in [0.25, 0.3) is 0 Å². The highest BCUT2D eigenvalue weighted by molar-refractivity contribution is 6.32. The summed E-state index contributed by atoms with van der Waals surface area (Å²) in [5, 5.41) is 16.6. The molecular weight excluding hydrogens is 655 g/mol. The van der Waals surface area contributed by atoms with E-state index in [1.54, 1.807) is 31.2 Å². The van der Waals surface area contributed by atoms with Crippen molar-refractivity contribution in [2.24, 2.45) is 23.2 Å². The number of alkyl halides is 1. The maximum atomic E-state index is 13.7. The van der Waals surface area contributed by atoms with Crippen molar-refractivity contribution >= 4 is 46.8 Å². The molecule has 1 saturated carbocycles. The topological polar surface area (TPSA) is 131 Å². The summed E-state index contributed by atoms with van der Waals surface area (Å²) < 4.78 is 11.3. The second-order valence-electron chi connectivity index (χ2n) is 13.5. The fourth-order valence-electron chi connectivity index (χ4n) is 6.10. The Hall–Kier alpha value is -3.40. The van der Waals surface area contributed by atoms with Gasteiger partial charge in [-0.2, -0.15) is 0 Å². The van der Waals surface area contributed by atoms with Gasteiger partial charge in [-0.3, -0.25) is 19.2 Å². The van der Waals surface area contributed by atoms with E-state index in [1.165, 1.54) is 13.2 Å². The van der Waals surface area contributed by atoms with Crippen LogP contribution in [-0.4, -0.2) is 60.6 Å². The number of hydrogen-bond acceptors (Lipinski definition) is 7. The minimum Gasteiger partial charge on any atom is -0.495 e. The Bertz CT molecular complexity index is 1480. The van der Waals surface area contributed by atoms with Gasteiger partial charge in [-0.05, 0) is 54.5 Å². The number of aliphatic hydroxyl groups is 1. The number of carbonyl (C=O) groups is 4. The summed E-state index contributed by atoms with van der Waals surface area (Å²) in [7, 11) is 1.51. The average molecular weight is 702 g/mol. The third-order valence-electron chi connectivity index (χ3n) is 9.30. The Morgan fingerprint density at radius 1 is 1.06 bits per heavy atom. The number of amides is 2. The van der Waals surface area contributed by atoms with Crippen molar-refractivity contribution in [3.63, 3.8) is 0 Å². The molecule has 4 rings (SSSR count). The van der Waals surface area contributed by atoms with Crippen LogP contribution in [-0.2, 0) is 30.3 Å². The summed E-state index contributed by atoms with van der Waals surface area (Å²) in [5.74, 6) is -2.34. The molecule has 9 nitrogen and oxygen atoms in total. The zero-order chi connectivity index (χ0) is 35.0. The lowest BCUT2D eigenvalue weighted by molar-refractivity contribution is -0.160. The number of rotatable bonds is 9. The third kappa shape index (κ3) is 9.83. The van der Waals surface area contributed by atoms with Crippen LogP contribution < -0.4 is 15.4 Å². The number of cyclic esters (lactones) is 1.